The fourth-order valence-corrected chi connectivity index (χ4v) is 3.97. The van der Waals surface area contributed by atoms with E-state index in [4.69, 9.17) is 9.47 Å². The Balaban J connectivity index is 1.61. The first-order chi connectivity index (χ1) is 10.0. The van der Waals surface area contributed by atoms with Crippen molar-refractivity contribution in [2.75, 3.05) is 0 Å². The fourth-order valence-electron chi connectivity index (χ4n) is 3.97. The van der Waals surface area contributed by atoms with Gasteiger partial charge in [0.1, 0.15) is 14.5 Å². The van der Waals surface area contributed by atoms with Gasteiger partial charge in [0.25, 0.3) is 0 Å². The second-order valence-corrected chi connectivity index (χ2v) is 6.36. The summed E-state index contributed by atoms with van der Waals surface area (Å²) in [5.41, 5.74) is 1.83. The van der Waals surface area contributed by atoms with Crippen molar-refractivity contribution in [1.82, 2.24) is 0 Å². The molecule has 1 unspecified atom stereocenters. The minimum atomic E-state index is -0.394. The Bertz CT molecular complexity index is 556. The summed E-state index contributed by atoms with van der Waals surface area (Å²) in [6.07, 6.45) is 1.10. The quantitative estimate of drug-likeness (QED) is 0.482. The number of hydrogen-bond donors (Lipinski definition) is 0. The van der Waals surface area contributed by atoms with E-state index in [0.29, 0.717) is 24.9 Å². The van der Waals surface area contributed by atoms with Gasteiger partial charge in [-0.25, -0.2) is 0 Å². The largest absolute Gasteiger partial charge is 0.461 e. The lowest BCUT2D eigenvalue weighted by Gasteiger charge is -2.31. The molecule has 1 heterocycles. The van der Waals surface area contributed by atoms with E-state index in [9.17, 15) is 4.79 Å². The molecule has 3 nitrogen and oxygen atoms in total. The number of carbonyl (C=O) groups excluding carboxylic acids is 1. The molecule has 0 radical (unpaired) electrons. The molecule has 1 saturated carbocycles. The summed E-state index contributed by atoms with van der Waals surface area (Å²) >= 11 is 0. The first kappa shape index (κ1) is 14.4. The molecular formula is C17H21BO3. The van der Waals surface area contributed by atoms with Crippen LogP contribution in [0.5, 0.6) is 0 Å². The molecule has 1 aromatic carbocycles. The lowest BCUT2D eigenvalue weighted by molar-refractivity contribution is -0.153. The van der Waals surface area contributed by atoms with Gasteiger partial charge >= 0.3 is 5.97 Å². The van der Waals surface area contributed by atoms with Crippen LogP contribution in [0.25, 0.3) is 0 Å². The summed E-state index contributed by atoms with van der Waals surface area (Å²) in [4.78, 5) is 12.2. The lowest BCUT2D eigenvalue weighted by Crippen LogP contribution is -2.37. The number of fused-ring (bicyclic) bond motifs is 2. The van der Waals surface area contributed by atoms with Crippen LogP contribution in [0.15, 0.2) is 42.5 Å². The average Bonchev–Trinajstić information content (AvgIpc) is 2.82. The van der Waals surface area contributed by atoms with Crippen LogP contribution in [-0.2, 0) is 20.9 Å². The molecule has 3 rings (SSSR count). The maximum atomic E-state index is 12.2. The van der Waals surface area contributed by atoms with Gasteiger partial charge in [0, 0.05) is 11.9 Å². The summed E-state index contributed by atoms with van der Waals surface area (Å²) in [6, 6.07) is 9.90. The van der Waals surface area contributed by atoms with E-state index in [1.54, 1.807) is 0 Å². The Morgan fingerprint density at radius 1 is 1.48 bits per heavy atom. The monoisotopic (exact) mass is 284 g/mol. The zero-order chi connectivity index (χ0) is 15.0. The van der Waals surface area contributed by atoms with Crippen LogP contribution in [0.2, 0.25) is 0 Å². The van der Waals surface area contributed by atoms with E-state index in [1.165, 1.54) is 5.57 Å². The smallest absolute Gasteiger partial charge is 0.309 e. The van der Waals surface area contributed by atoms with Crippen molar-refractivity contribution < 1.29 is 14.3 Å². The van der Waals surface area contributed by atoms with E-state index in [-0.39, 0.29) is 12.0 Å². The van der Waals surface area contributed by atoms with Crippen molar-refractivity contribution in [3.05, 3.63) is 48.0 Å². The molecule has 4 heteroatoms. The van der Waals surface area contributed by atoms with Gasteiger partial charge in [-0.05, 0) is 17.9 Å². The number of benzene rings is 1. The topological polar surface area (TPSA) is 35.5 Å². The molecule has 1 aliphatic heterocycles. The zero-order valence-electron chi connectivity index (χ0n) is 12.7. The standard InChI is InChI=1S/C17H21BO3/c1-11-8-17(12(2)15(11)16(18)21-17)9-14(19)20-10-13-6-4-3-5-7-13/h3-7,12,15-16H,1,8-10,18H2,2H3/t12?,15-,16-,17+/m1/s1. The summed E-state index contributed by atoms with van der Waals surface area (Å²) in [5.74, 6) is 0.532. The molecule has 2 aliphatic rings. The van der Waals surface area contributed by atoms with E-state index in [1.807, 2.05) is 30.3 Å². The van der Waals surface area contributed by atoms with Gasteiger partial charge in [0.2, 0.25) is 0 Å². The molecule has 21 heavy (non-hydrogen) atoms. The Kier molecular flexibility index (Phi) is 3.66. The Morgan fingerprint density at radius 3 is 2.81 bits per heavy atom. The molecular weight excluding hydrogens is 263 g/mol. The third-order valence-corrected chi connectivity index (χ3v) is 4.98. The molecule has 1 aliphatic carbocycles. The molecule has 0 spiro atoms. The number of ether oxygens (including phenoxy) is 2. The summed E-state index contributed by atoms with van der Waals surface area (Å²) in [6.45, 7) is 6.64. The molecule has 0 N–H and O–H groups in total. The van der Waals surface area contributed by atoms with Crippen molar-refractivity contribution in [3.8, 4) is 0 Å². The minimum Gasteiger partial charge on any atom is -0.461 e. The molecule has 1 aromatic rings. The lowest BCUT2D eigenvalue weighted by atomic mass is 9.80. The Hall–Kier alpha value is -1.55. The number of hydrogen-bond acceptors (Lipinski definition) is 3. The highest BCUT2D eigenvalue weighted by Crippen LogP contribution is 2.55. The number of esters is 1. The van der Waals surface area contributed by atoms with Crippen molar-refractivity contribution in [3.63, 3.8) is 0 Å². The maximum absolute atomic E-state index is 12.2. The molecule has 0 aromatic heterocycles. The SMILES string of the molecule is B[C@@H]1O[C@]2(CC(=O)OCc3ccccc3)CC(=C)[C@@H]1C2C. The second kappa shape index (κ2) is 5.34. The molecule has 1 saturated heterocycles. The second-order valence-electron chi connectivity index (χ2n) is 6.36. The summed E-state index contributed by atoms with van der Waals surface area (Å²) in [5, 5.41) is 0. The highest BCUT2D eigenvalue weighted by molar-refractivity contribution is 6.11. The van der Waals surface area contributed by atoms with Gasteiger partial charge in [-0.3, -0.25) is 4.79 Å². The molecule has 110 valence electrons. The van der Waals surface area contributed by atoms with Crippen LogP contribution in [0, 0.1) is 11.8 Å². The predicted octanol–water partition coefficient (Wildman–Crippen LogP) is 2.06. The van der Waals surface area contributed by atoms with Crippen LogP contribution in [0.1, 0.15) is 25.3 Å². The summed E-state index contributed by atoms with van der Waals surface area (Å²) < 4.78 is 11.5. The first-order valence-electron chi connectivity index (χ1n) is 7.57. The van der Waals surface area contributed by atoms with Crippen LogP contribution in [-0.4, -0.2) is 25.4 Å². The van der Waals surface area contributed by atoms with Crippen molar-refractivity contribution >= 4 is 13.8 Å². The highest BCUT2D eigenvalue weighted by atomic mass is 16.5. The van der Waals surface area contributed by atoms with E-state index >= 15 is 0 Å². The minimum absolute atomic E-state index is 0.156. The number of rotatable bonds is 4. The molecule has 4 atom stereocenters. The number of carbonyl (C=O) groups is 1. The van der Waals surface area contributed by atoms with Gasteiger partial charge in [-0.1, -0.05) is 49.4 Å². The normalized spacial score (nSPS) is 34.1. The van der Waals surface area contributed by atoms with Crippen LogP contribution in [0.4, 0.5) is 0 Å². The third kappa shape index (κ3) is 2.53. The molecule has 2 fully saturated rings. The van der Waals surface area contributed by atoms with Crippen LogP contribution in [0.3, 0.4) is 0 Å². The van der Waals surface area contributed by atoms with Gasteiger partial charge in [0.05, 0.1) is 12.0 Å². The first-order valence-corrected chi connectivity index (χ1v) is 7.57. The molecule has 0 amide bonds. The van der Waals surface area contributed by atoms with E-state index < -0.39 is 5.60 Å². The third-order valence-electron chi connectivity index (χ3n) is 4.98. The van der Waals surface area contributed by atoms with E-state index in [2.05, 4.69) is 21.3 Å². The Morgan fingerprint density at radius 2 is 2.19 bits per heavy atom. The zero-order valence-corrected chi connectivity index (χ0v) is 12.7. The fraction of sp³-hybridized carbons (Fsp3) is 0.471. The van der Waals surface area contributed by atoms with Gasteiger partial charge < -0.3 is 9.47 Å². The van der Waals surface area contributed by atoms with Crippen molar-refractivity contribution in [2.45, 2.75) is 38.0 Å². The van der Waals surface area contributed by atoms with Crippen molar-refractivity contribution in [1.29, 1.82) is 0 Å². The van der Waals surface area contributed by atoms with Gasteiger partial charge in [-0.2, -0.15) is 0 Å². The van der Waals surface area contributed by atoms with Gasteiger partial charge in [-0.15, -0.1) is 0 Å². The van der Waals surface area contributed by atoms with E-state index in [0.717, 1.165) is 12.0 Å². The summed E-state index contributed by atoms with van der Waals surface area (Å²) in [7, 11) is 2.07. The highest BCUT2D eigenvalue weighted by Gasteiger charge is 2.58. The van der Waals surface area contributed by atoms with Gasteiger partial charge in [0.15, 0.2) is 0 Å². The average molecular weight is 284 g/mol. The maximum Gasteiger partial charge on any atom is 0.309 e. The van der Waals surface area contributed by atoms with Crippen molar-refractivity contribution in [2.24, 2.45) is 11.8 Å². The molecule has 2 bridgehead atoms. The van der Waals surface area contributed by atoms with Crippen LogP contribution < -0.4 is 0 Å². The van der Waals surface area contributed by atoms with Crippen LogP contribution >= 0.6 is 0 Å². The predicted molar refractivity (Wildman–Crippen MR) is 83.4 cm³/mol. The Labute approximate surface area is 126 Å².